The van der Waals surface area contributed by atoms with Gasteiger partial charge in [0.15, 0.2) is 0 Å². The number of benzene rings is 1. The van der Waals surface area contributed by atoms with Crippen LogP contribution in [0.1, 0.15) is 19.3 Å². The van der Waals surface area contributed by atoms with Gasteiger partial charge < -0.3 is 11.1 Å². The molecule has 0 heterocycles. The van der Waals surface area contributed by atoms with Crippen LogP contribution in [0.25, 0.3) is 0 Å². The van der Waals surface area contributed by atoms with Crippen molar-refractivity contribution in [3.05, 3.63) is 23.2 Å². The Hall–Kier alpha value is -0.890. The Kier molecular flexibility index (Phi) is 2.82. The molecule has 0 amide bonds. The molecule has 0 atom stereocenters. The second-order valence-electron chi connectivity index (χ2n) is 3.86. The van der Waals surface area contributed by atoms with Gasteiger partial charge in [-0.2, -0.15) is 0 Å². The predicted octanol–water partition coefficient (Wildman–Crippen LogP) is 3.13. The van der Waals surface area contributed by atoms with E-state index in [0.29, 0.717) is 5.02 Å². The van der Waals surface area contributed by atoms with Crippen molar-refractivity contribution in [1.29, 1.82) is 0 Å². The van der Waals surface area contributed by atoms with Crippen LogP contribution in [-0.2, 0) is 0 Å². The number of hydrogen-bond donors (Lipinski definition) is 2. The molecule has 0 spiro atoms. The maximum atomic E-state index is 6.02. The Labute approximate surface area is 89.4 Å². The van der Waals surface area contributed by atoms with E-state index < -0.39 is 0 Å². The van der Waals surface area contributed by atoms with Crippen LogP contribution in [0.2, 0.25) is 5.02 Å². The van der Waals surface area contributed by atoms with Crippen LogP contribution in [0.4, 0.5) is 11.4 Å². The molecule has 1 aromatic carbocycles. The number of nitrogen functional groups attached to an aromatic ring is 1. The quantitative estimate of drug-likeness (QED) is 0.750. The van der Waals surface area contributed by atoms with E-state index in [0.717, 1.165) is 23.8 Å². The summed E-state index contributed by atoms with van der Waals surface area (Å²) in [6.07, 6.45) is 4.00. The van der Waals surface area contributed by atoms with E-state index in [2.05, 4.69) is 5.32 Å². The van der Waals surface area contributed by atoms with Crippen LogP contribution in [0.15, 0.2) is 18.2 Å². The minimum absolute atomic E-state index is 0.709. The molecule has 76 valence electrons. The number of anilines is 2. The van der Waals surface area contributed by atoms with Crippen LogP contribution in [0.3, 0.4) is 0 Å². The summed E-state index contributed by atoms with van der Waals surface area (Å²) in [5, 5.41) is 4.00. The van der Waals surface area contributed by atoms with Gasteiger partial charge in [-0.3, -0.25) is 0 Å². The number of hydrogen-bond acceptors (Lipinski definition) is 2. The predicted molar refractivity (Wildman–Crippen MR) is 61.7 cm³/mol. The Morgan fingerprint density at radius 2 is 2.21 bits per heavy atom. The smallest absolute Gasteiger partial charge is 0.0763 e. The molecule has 1 aliphatic carbocycles. The molecule has 0 aliphatic heterocycles. The molecule has 0 unspecified atom stereocenters. The molecule has 14 heavy (non-hydrogen) atoms. The minimum atomic E-state index is 0.709. The van der Waals surface area contributed by atoms with E-state index in [1.165, 1.54) is 19.3 Å². The molecule has 1 aliphatic rings. The van der Waals surface area contributed by atoms with Crippen molar-refractivity contribution in [2.75, 3.05) is 17.6 Å². The molecule has 0 radical (unpaired) electrons. The first-order valence-corrected chi connectivity index (χ1v) is 5.43. The first-order valence-electron chi connectivity index (χ1n) is 5.05. The lowest BCUT2D eigenvalue weighted by atomic mass is 10.2. The van der Waals surface area contributed by atoms with Gasteiger partial charge >= 0.3 is 0 Å². The third-order valence-electron chi connectivity index (χ3n) is 2.60. The fraction of sp³-hybridized carbons (Fsp3) is 0.455. The number of para-hydroxylation sites is 1. The van der Waals surface area contributed by atoms with Crippen LogP contribution in [0, 0.1) is 5.92 Å². The van der Waals surface area contributed by atoms with E-state index >= 15 is 0 Å². The van der Waals surface area contributed by atoms with Crippen molar-refractivity contribution in [1.82, 2.24) is 0 Å². The van der Waals surface area contributed by atoms with Gasteiger partial charge in [0.05, 0.1) is 16.4 Å². The lowest BCUT2D eigenvalue weighted by Crippen LogP contribution is -2.05. The highest BCUT2D eigenvalue weighted by Gasteiger charge is 2.20. The summed E-state index contributed by atoms with van der Waals surface area (Å²) in [7, 11) is 0. The van der Waals surface area contributed by atoms with Gasteiger partial charge in [0.1, 0.15) is 0 Å². The molecule has 2 nitrogen and oxygen atoms in total. The maximum Gasteiger partial charge on any atom is 0.0763 e. The fourth-order valence-electron chi connectivity index (χ4n) is 1.54. The lowest BCUT2D eigenvalue weighted by molar-refractivity contribution is 0.760. The highest BCUT2D eigenvalue weighted by Crippen LogP contribution is 2.33. The molecule has 1 saturated carbocycles. The van der Waals surface area contributed by atoms with Crippen molar-refractivity contribution in [2.24, 2.45) is 5.92 Å². The van der Waals surface area contributed by atoms with Gasteiger partial charge in [-0.1, -0.05) is 30.5 Å². The van der Waals surface area contributed by atoms with Gasteiger partial charge in [0, 0.05) is 6.54 Å². The zero-order valence-corrected chi connectivity index (χ0v) is 8.85. The van der Waals surface area contributed by atoms with Gasteiger partial charge in [-0.05, 0) is 24.5 Å². The van der Waals surface area contributed by atoms with Crippen LogP contribution >= 0.6 is 11.6 Å². The first kappa shape index (κ1) is 9.66. The molecule has 1 aromatic rings. The summed E-state index contributed by atoms with van der Waals surface area (Å²) in [5.41, 5.74) is 7.42. The standard InChI is InChI=1S/C11H15ClN2/c12-9-2-1-3-10(13)11(9)14-7-6-8-4-5-8/h1-3,8,14H,4-7,13H2. The van der Waals surface area contributed by atoms with Gasteiger partial charge in [0.25, 0.3) is 0 Å². The topological polar surface area (TPSA) is 38.0 Å². The Morgan fingerprint density at radius 1 is 1.43 bits per heavy atom. The summed E-state index contributed by atoms with van der Waals surface area (Å²) in [6.45, 7) is 0.971. The molecule has 2 rings (SSSR count). The zero-order valence-electron chi connectivity index (χ0n) is 8.09. The average Bonchev–Trinajstić information content (AvgIpc) is 2.94. The number of rotatable bonds is 4. The van der Waals surface area contributed by atoms with Crippen molar-refractivity contribution in [2.45, 2.75) is 19.3 Å². The average molecular weight is 211 g/mol. The largest absolute Gasteiger partial charge is 0.397 e. The van der Waals surface area contributed by atoms with Crippen molar-refractivity contribution in [3.63, 3.8) is 0 Å². The first-order chi connectivity index (χ1) is 6.77. The number of nitrogens with one attached hydrogen (secondary N) is 1. The summed E-state index contributed by atoms with van der Waals surface area (Å²) in [4.78, 5) is 0. The van der Waals surface area contributed by atoms with E-state index in [1.54, 1.807) is 0 Å². The molecule has 0 aromatic heterocycles. The third kappa shape index (κ3) is 2.32. The van der Waals surface area contributed by atoms with Crippen LogP contribution in [0.5, 0.6) is 0 Å². The van der Waals surface area contributed by atoms with Crippen molar-refractivity contribution < 1.29 is 0 Å². The zero-order chi connectivity index (χ0) is 9.97. The molecule has 0 saturated heterocycles. The second-order valence-corrected chi connectivity index (χ2v) is 4.27. The monoisotopic (exact) mass is 210 g/mol. The molecule has 3 heteroatoms. The number of nitrogens with two attached hydrogens (primary N) is 1. The molecular formula is C11H15ClN2. The van der Waals surface area contributed by atoms with Crippen LogP contribution in [-0.4, -0.2) is 6.54 Å². The molecule has 3 N–H and O–H groups in total. The van der Waals surface area contributed by atoms with Gasteiger partial charge in [0.2, 0.25) is 0 Å². The minimum Gasteiger partial charge on any atom is -0.397 e. The van der Waals surface area contributed by atoms with E-state index in [-0.39, 0.29) is 0 Å². The van der Waals surface area contributed by atoms with Crippen molar-refractivity contribution in [3.8, 4) is 0 Å². The molecule has 1 fully saturated rings. The summed E-state index contributed by atoms with van der Waals surface area (Å²) < 4.78 is 0. The van der Waals surface area contributed by atoms with E-state index in [1.807, 2.05) is 18.2 Å². The fourth-order valence-corrected chi connectivity index (χ4v) is 1.78. The van der Waals surface area contributed by atoms with E-state index in [9.17, 15) is 0 Å². The molecule has 0 bridgehead atoms. The number of halogens is 1. The van der Waals surface area contributed by atoms with Gasteiger partial charge in [-0.25, -0.2) is 0 Å². The molecular weight excluding hydrogens is 196 g/mol. The second kappa shape index (κ2) is 4.09. The normalized spacial score (nSPS) is 15.5. The Balaban J connectivity index is 1.92. The summed E-state index contributed by atoms with van der Waals surface area (Å²) >= 11 is 6.02. The SMILES string of the molecule is Nc1cccc(Cl)c1NCCC1CC1. The summed E-state index contributed by atoms with van der Waals surface area (Å²) in [6, 6.07) is 5.59. The van der Waals surface area contributed by atoms with Crippen LogP contribution < -0.4 is 11.1 Å². The summed E-state index contributed by atoms with van der Waals surface area (Å²) in [5.74, 6) is 0.936. The lowest BCUT2D eigenvalue weighted by Gasteiger charge is -2.10. The van der Waals surface area contributed by atoms with Gasteiger partial charge in [-0.15, -0.1) is 0 Å². The Morgan fingerprint density at radius 3 is 2.86 bits per heavy atom. The van der Waals surface area contributed by atoms with Crippen molar-refractivity contribution >= 4 is 23.0 Å². The highest BCUT2D eigenvalue weighted by molar-refractivity contribution is 6.33. The highest BCUT2D eigenvalue weighted by atomic mass is 35.5. The maximum absolute atomic E-state index is 6.02. The third-order valence-corrected chi connectivity index (χ3v) is 2.91. The Bertz CT molecular complexity index is 301. The van der Waals surface area contributed by atoms with E-state index in [4.69, 9.17) is 17.3 Å².